The van der Waals surface area contributed by atoms with Gasteiger partial charge in [0, 0.05) is 12.1 Å². The van der Waals surface area contributed by atoms with E-state index in [1.165, 1.54) is 77.0 Å². The highest BCUT2D eigenvalue weighted by molar-refractivity contribution is 5.99. The van der Waals surface area contributed by atoms with Gasteiger partial charge in [-0.1, -0.05) is 24.3 Å². The third-order valence-corrected chi connectivity index (χ3v) is 6.73. The summed E-state index contributed by atoms with van der Waals surface area (Å²) in [7, 11) is 5.09. The second-order valence-electron chi connectivity index (χ2n) is 9.20. The van der Waals surface area contributed by atoms with Gasteiger partial charge in [0.25, 0.3) is 0 Å². The highest BCUT2D eigenvalue weighted by Gasteiger charge is 2.30. The van der Waals surface area contributed by atoms with Gasteiger partial charge in [-0.25, -0.2) is 19.2 Å². The lowest BCUT2D eigenvalue weighted by atomic mass is 9.97. The maximum Gasteiger partial charge on any atom is 0.339 e. The fourth-order valence-electron chi connectivity index (χ4n) is 4.75. The van der Waals surface area contributed by atoms with Gasteiger partial charge in [0.05, 0.1) is 50.7 Å². The maximum absolute atomic E-state index is 12.4. The quantitative estimate of drug-likeness (QED) is 0.152. The largest absolute Gasteiger partial charge is 0.495 e. The van der Waals surface area contributed by atoms with Crippen LogP contribution in [0.5, 0.6) is 34.5 Å². The lowest BCUT2D eigenvalue weighted by molar-refractivity contribution is 0.0682. The molecule has 0 aliphatic rings. The number of carboxylic acid groups (broad SMARTS) is 4. The second-order valence-corrected chi connectivity index (χ2v) is 9.20. The molecule has 0 unspecified atom stereocenters. The van der Waals surface area contributed by atoms with E-state index in [0.29, 0.717) is 11.1 Å². The van der Waals surface area contributed by atoms with E-state index in [1.807, 2.05) is 0 Å². The molecule has 45 heavy (non-hydrogen) atoms. The Bertz CT molecular complexity index is 1670. The van der Waals surface area contributed by atoms with Gasteiger partial charge in [0.1, 0.15) is 22.6 Å². The molecule has 0 radical (unpaired) electrons. The van der Waals surface area contributed by atoms with Crippen molar-refractivity contribution in [2.75, 3.05) is 28.4 Å². The highest BCUT2D eigenvalue weighted by Crippen LogP contribution is 2.52. The number of carbonyl (C=O) groups is 4. The molecule has 0 bridgehead atoms. The summed E-state index contributed by atoms with van der Waals surface area (Å²) >= 11 is 0. The van der Waals surface area contributed by atoms with Gasteiger partial charge in [-0.15, -0.1) is 0 Å². The van der Waals surface area contributed by atoms with Crippen LogP contribution in [0.3, 0.4) is 0 Å². The Hall–Kier alpha value is -6.24. The smallest absolute Gasteiger partial charge is 0.339 e. The van der Waals surface area contributed by atoms with E-state index in [9.17, 15) is 39.6 Å². The number of methoxy groups -OCH3 is 4. The van der Waals surface area contributed by atoms with Crippen molar-refractivity contribution in [1.29, 1.82) is 0 Å². The molecule has 0 aliphatic carbocycles. The van der Waals surface area contributed by atoms with Crippen molar-refractivity contribution in [3.8, 4) is 56.8 Å². The molecule has 0 aliphatic heterocycles. The first-order valence-electron chi connectivity index (χ1n) is 12.9. The van der Waals surface area contributed by atoms with Crippen LogP contribution in [0, 0.1) is 0 Å². The van der Waals surface area contributed by atoms with E-state index >= 15 is 0 Å². The zero-order valence-corrected chi connectivity index (χ0v) is 24.2. The van der Waals surface area contributed by atoms with Gasteiger partial charge < -0.3 is 44.1 Å². The predicted molar refractivity (Wildman–Crippen MR) is 158 cm³/mol. The zero-order chi connectivity index (χ0) is 33.0. The van der Waals surface area contributed by atoms with E-state index in [4.69, 9.17) is 23.7 Å². The molecule has 0 saturated carbocycles. The highest BCUT2D eigenvalue weighted by atomic mass is 16.5. The average Bonchev–Trinajstić information content (AvgIpc) is 3.03. The number of hydrogen-bond donors (Lipinski definition) is 4. The van der Waals surface area contributed by atoms with Crippen molar-refractivity contribution >= 4 is 23.9 Å². The number of aromatic carboxylic acids is 4. The summed E-state index contributed by atoms with van der Waals surface area (Å²) < 4.78 is 28.4. The molecule has 0 spiro atoms. The van der Waals surface area contributed by atoms with E-state index < -0.39 is 23.9 Å². The van der Waals surface area contributed by atoms with Gasteiger partial charge in [0.15, 0.2) is 23.0 Å². The number of ether oxygens (including phenoxy) is 5. The zero-order valence-electron chi connectivity index (χ0n) is 24.2. The Morgan fingerprint density at radius 3 is 1.02 bits per heavy atom. The monoisotopic (exact) mass is 618 g/mol. The molecule has 4 aromatic rings. The average molecular weight is 619 g/mol. The third kappa shape index (κ3) is 5.99. The first-order chi connectivity index (χ1) is 21.5. The minimum atomic E-state index is -1.39. The summed E-state index contributed by atoms with van der Waals surface area (Å²) in [4.78, 5) is 47.6. The van der Waals surface area contributed by atoms with Gasteiger partial charge in [-0.2, -0.15) is 0 Å². The minimum Gasteiger partial charge on any atom is -0.495 e. The molecule has 232 valence electrons. The molecule has 0 amide bonds. The molecule has 13 heteroatoms. The van der Waals surface area contributed by atoms with Crippen LogP contribution in [0.2, 0.25) is 0 Å². The lowest BCUT2D eigenvalue weighted by Crippen LogP contribution is -2.07. The van der Waals surface area contributed by atoms with Gasteiger partial charge in [-0.3, -0.25) is 0 Å². The molecular formula is C32H26O13. The van der Waals surface area contributed by atoms with E-state index in [-0.39, 0.29) is 67.9 Å². The van der Waals surface area contributed by atoms with Crippen LogP contribution in [0.4, 0.5) is 0 Å². The first kappa shape index (κ1) is 31.7. The number of hydrogen-bond acceptors (Lipinski definition) is 9. The number of rotatable bonds is 12. The SMILES string of the molecule is COc1c(Oc2cc(C(=O)O)c(OC)c(-c3ccc(C(=O)O)cc3)c2OC)cc(C(=O)O)c(OC)c1-c1ccc(C(=O)O)cc1. The maximum atomic E-state index is 12.4. The fourth-order valence-corrected chi connectivity index (χ4v) is 4.75. The van der Waals surface area contributed by atoms with Crippen molar-refractivity contribution in [3.05, 3.63) is 82.9 Å². The van der Waals surface area contributed by atoms with Crippen molar-refractivity contribution in [3.63, 3.8) is 0 Å². The number of carboxylic acids is 4. The molecule has 0 saturated heterocycles. The second kappa shape index (κ2) is 13.0. The molecule has 4 rings (SSSR count). The molecule has 4 N–H and O–H groups in total. The summed E-state index contributed by atoms with van der Waals surface area (Å²) in [5.74, 6) is -5.76. The van der Waals surface area contributed by atoms with Gasteiger partial charge >= 0.3 is 23.9 Å². The normalized spacial score (nSPS) is 10.5. The third-order valence-electron chi connectivity index (χ3n) is 6.73. The van der Waals surface area contributed by atoms with Crippen molar-refractivity contribution < 1.29 is 63.3 Å². The van der Waals surface area contributed by atoms with Crippen LogP contribution in [-0.4, -0.2) is 72.7 Å². The fraction of sp³-hybridized carbons (Fsp3) is 0.125. The van der Waals surface area contributed by atoms with Crippen LogP contribution >= 0.6 is 0 Å². The predicted octanol–water partition coefficient (Wildman–Crippen LogP) is 5.64. The summed E-state index contributed by atoms with van der Waals surface area (Å²) in [6.45, 7) is 0. The Kier molecular flexibility index (Phi) is 9.12. The van der Waals surface area contributed by atoms with Crippen LogP contribution in [0.15, 0.2) is 60.7 Å². The van der Waals surface area contributed by atoms with Crippen LogP contribution in [0.1, 0.15) is 41.4 Å². The molecule has 0 aromatic heterocycles. The summed E-state index contributed by atoms with van der Waals surface area (Å²) in [5.41, 5.74) is 0.153. The van der Waals surface area contributed by atoms with Crippen LogP contribution in [-0.2, 0) is 0 Å². The van der Waals surface area contributed by atoms with Crippen molar-refractivity contribution in [2.45, 2.75) is 0 Å². The molecule has 13 nitrogen and oxygen atoms in total. The summed E-state index contributed by atoms with van der Waals surface area (Å²) in [6.07, 6.45) is 0. The van der Waals surface area contributed by atoms with Gasteiger partial charge in [-0.05, 0) is 35.4 Å². The summed E-state index contributed by atoms with van der Waals surface area (Å²) in [6, 6.07) is 13.3. The van der Waals surface area contributed by atoms with Crippen molar-refractivity contribution in [2.24, 2.45) is 0 Å². The first-order valence-corrected chi connectivity index (χ1v) is 12.9. The molecule has 0 atom stereocenters. The van der Waals surface area contributed by atoms with E-state index in [2.05, 4.69) is 0 Å². The topological polar surface area (TPSA) is 195 Å². The summed E-state index contributed by atoms with van der Waals surface area (Å²) in [5, 5.41) is 38.8. The standard InChI is InChI=1S/C32H26O13/c1-41-25-19(31(37)38)13-21(27(43-3)23(25)15-5-9-17(10-6-15)29(33)34)45-22-14-20(32(39)40)26(42-2)24(28(22)44-4)16-7-11-18(12-8-16)30(35)36/h5-14H,1-4H3,(H,33,34)(H,35,36)(H,37,38)(H,39,40). The van der Waals surface area contributed by atoms with Crippen LogP contribution in [0.25, 0.3) is 22.3 Å². The van der Waals surface area contributed by atoms with E-state index in [0.717, 1.165) is 12.1 Å². The number of benzene rings is 4. The molecule has 0 fully saturated rings. The van der Waals surface area contributed by atoms with E-state index in [1.54, 1.807) is 0 Å². The Morgan fingerprint density at radius 2 is 0.778 bits per heavy atom. The Morgan fingerprint density at radius 1 is 0.467 bits per heavy atom. The molecule has 4 aromatic carbocycles. The molecular weight excluding hydrogens is 592 g/mol. The van der Waals surface area contributed by atoms with Crippen LogP contribution < -0.4 is 23.7 Å². The Balaban J connectivity index is 2.04. The molecule has 0 heterocycles. The van der Waals surface area contributed by atoms with Crippen molar-refractivity contribution in [1.82, 2.24) is 0 Å². The lowest BCUT2D eigenvalue weighted by Gasteiger charge is -2.22. The van der Waals surface area contributed by atoms with Gasteiger partial charge in [0.2, 0.25) is 0 Å². The minimum absolute atomic E-state index is 0.0179. The Labute approximate surface area is 255 Å².